The molecule has 0 aliphatic carbocycles. The van der Waals surface area contributed by atoms with Gasteiger partial charge in [-0.2, -0.15) is 0 Å². The van der Waals surface area contributed by atoms with Crippen LogP contribution in [0.2, 0.25) is 0 Å². The van der Waals surface area contributed by atoms with Crippen LogP contribution in [0.25, 0.3) is 0 Å². The summed E-state index contributed by atoms with van der Waals surface area (Å²) in [5.74, 6) is -0.344. The summed E-state index contributed by atoms with van der Waals surface area (Å²) in [6.07, 6.45) is 0. The lowest BCUT2D eigenvalue weighted by Gasteiger charge is -2.15. The zero-order valence-electron chi connectivity index (χ0n) is 12.4. The number of carbonyl (C=O) groups excluding carboxylic acids is 2. The maximum atomic E-state index is 12.3. The Balaban J connectivity index is 2.08. The summed E-state index contributed by atoms with van der Waals surface area (Å²) >= 11 is 3.39. The quantitative estimate of drug-likeness (QED) is 0.868. The van der Waals surface area contributed by atoms with Gasteiger partial charge in [-0.05, 0) is 42.8 Å². The molecular formula is C17H17BrN2O2. The number of amides is 2. The van der Waals surface area contributed by atoms with Crippen LogP contribution < -0.4 is 10.6 Å². The van der Waals surface area contributed by atoms with Gasteiger partial charge in [0.05, 0.1) is 6.04 Å². The first-order valence-electron chi connectivity index (χ1n) is 6.89. The van der Waals surface area contributed by atoms with Crippen LogP contribution in [0.3, 0.4) is 0 Å². The van der Waals surface area contributed by atoms with Crippen molar-refractivity contribution < 1.29 is 9.59 Å². The highest BCUT2D eigenvalue weighted by Crippen LogP contribution is 2.17. The molecule has 0 aromatic heterocycles. The van der Waals surface area contributed by atoms with E-state index in [9.17, 15) is 9.59 Å². The molecule has 0 saturated carbocycles. The zero-order chi connectivity index (χ0) is 16.1. The molecule has 0 bridgehead atoms. The minimum absolute atomic E-state index is 0.106. The average molecular weight is 361 g/mol. The number of hydrogen-bond donors (Lipinski definition) is 2. The number of benzene rings is 2. The van der Waals surface area contributed by atoms with Crippen LogP contribution in [0.15, 0.2) is 53.0 Å². The lowest BCUT2D eigenvalue weighted by atomic mass is 10.1. The second-order valence-electron chi connectivity index (χ2n) is 5.01. The Labute approximate surface area is 138 Å². The molecule has 2 aromatic rings. The summed E-state index contributed by atoms with van der Waals surface area (Å²) in [6, 6.07) is 14.6. The van der Waals surface area contributed by atoms with Crippen molar-refractivity contribution in [2.45, 2.75) is 19.9 Å². The van der Waals surface area contributed by atoms with Gasteiger partial charge >= 0.3 is 0 Å². The molecular weight excluding hydrogens is 344 g/mol. The molecule has 0 aliphatic rings. The predicted molar refractivity (Wildman–Crippen MR) is 90.8 cm³/mol. The van der Waals surface area contributed by atoms with Crippen LogP contribution in [-0.4, -0.2) is 11.8 Å². The molecule has 2 N–H and O–H groups in total. The Kier molecular flexibility index (Phi) is 5.33. The van der Waals surface area contributed by atoms with Gasteiger partial charge in [-0.1, -0.05) is 34.1 Å². The van der Waals surface area contributed by atoms with E-state index in [1.165, 1.54) is 6.92 Å². The molecule has 4 nitrogen and oxygen atoms in total. The molecule has 0 fully saturated rings. The van der Waals surface area contributed by atoms with E-state index >= 15 is 0 Å². The van der Waals surface area contributed by atoms with E-state index in [0.29, 0.717) is 11.3 Å². The predicted octanol–water partition coefficient (Wildman–Crippen LogP) is 3.90. The van der Waals surface area contributed by atoms with E-state index in [1.807, 2.05) is 31.2 Å². The van der Waals surface area contributed by atoms with Gasteiger partial charge in [-0.3, -0.25) is 9.59 Å². The molecule has 0 heterocycles. The van der Waals surface area contributed by atoms with E-state index in [0.717, 1.165) is 10.0 Å². The maximum absolute atomic E-state index is 12.3. The third-order valence-electron chi connectivity index (χ3n) is 3.16. The fraction of sp³-hybridized carbons (Fsp3) is 0.176. The standard InChI is InChI=1S/C17H17BrN2O2/c1-11(13-6-8-15(18)9-7-13)19-17(22)14-4-3-5-16(10-14)20-12(2)21/h3-11H,1-2H3,(H,19,22)(H,20,21)/t11-/m1/s1. The van der Waals surface area contributed by atoms with Crippen molar-refractivity contribution in [1.29, 1.82) is 0 Å². The molecule has 1 atom stereocenters. The summed E-state index contributed by atoms with van der Waals surface area (Å²) in [4.78, 5) is 23.4. The Morgan fingerprint density at radius 2 is 1.77 bits per heavy atom. The normalized spacial score (nSPS) is 11.6. The molecule has 2 aromatic carbocycles. The molecule has 22 heavy (non-hydrogen) atoms. The van der Waals surface area contributed by atoms with Crippen LogP contribution in [0.4, 0.5) is 5.69 Å². The van der Waals surface area contributed by atoms with Crippen molar-refractivity contribution >= 4 is 33.4 Å². The Bertz CT molecular complexity index is 683. The van der Waals surface area contributed by atoms with E-state index in [4.69, 9.17) is 0 Å². The van der Waals surface area contributed by atoms with Gasteiger partial charge in [-0.15, -0.1) is 0 Å². The Morgan fingerprint density at radius 1 is 1.09 bits per heavy atom. The van der Waals surface area contributed by atoms with Crippen molar-refractivity contribution in [3.05, 3.63) is 64.1 Å². The molecule has 5 heteroatoms. The minimum atomic E-state index is -0.178. The van der Waals surface area contributed by atoms with Gasteiger partial charge in [-0.25, -0.2) is 0 Å². The van der Waals surface area contributed by atoms with Gasteiger partial charge in [0.1, 0.15) is 0 Å². The van der Waals surface area contributed by atoms with Crippen LogP contribution in [0.5, 0.6) is 0 Å². The smallest absolute Gasteiger partial charge is 0.251 e. The number of anilines is 1. The van der Waals surface area contributed by atoms with Crippen molar-refractivity contribution in [2.24, 2.45) is 0 Å². The summed E-state index contributed by atoms with van der Waals surface area (Å²) in [5, 5.41) is 5.61. The number of halogens is 1. The second-order valence-corrected chi connectivity index (χ2v) is 5.92. The maximum Gasteiger partial charge on any atom is 0.251 e. The molecule has 2 rings (SSSR count). The number of carbonyl (C=O) groups is 2. The largest absolute Gasteiger partial charge is 0.346 e. The number of nitrogens with one attached hydrogen (secondary N) is 2. The third-order valence-corrected chi connectivity index (χ3v) is 3.69. The lowest BCUT2D eigenvalue weighted by molar-refractivity contribution is -0.114. The van der Waals surface area contributed by atoms with Crippen LogP contribution in [0, 0.1) is 0 Å². The molecule has 2 amide bonds. The third kappa shape index (κ3) is 4.43. The summed E-state index contributed by atoms with van der Waals surface area (Å²) in [6.45, 7) is 3.36. The number of rotatable bonds is 4. The van der Waals surface area contributed by atoms with Crippen molar-refractivity contribution in [1.82, 2.24) is 5.32 Å². The fourth-order valence-electron chi connectivity index (χ4n) is 2.06. The Morgan fingerprint density at radius 3 is 2.41 bits per heavy atom. The van der Waals surface area contributed by atoms with Crippen molar-refractivity contribution in [2.75, 3.05) is 5.32 Å². The monoisotopic (exact) mass is 360 g/mol. The first-order chi connectivity index (χ1) is 10.5. The van der Waals surface area contributed by atoms with Gasteiger partial charge in [0.25, 0.3) is 5.91 Å². The van der Waals surface area contributed by atoms with E-state index in [-0.39, 0.29) is 17.9 Å². The van der Waals surface area contributed by atoms with Crippen LogP contribution >= 0.6 is 15.9 Å². The SMILES string of the molecule is CC(=O)Nc1cccc(C(=O)N[C@H](C)c2ccc(Br)cc2)c1. The van der Waals surface area contributed by atoms with Gasteiger partial charge in [0.15, 0.2) is 0 Å². The van der Waals surface area contributed by atoms with E-state index < -0.39 is 0 Å². The number of hydrogen-bond acceptors (Lipinski definition) is 2. The first-order valence-corrected chi connectivity index (χ1v) is 7.69. The summed E-state index contributed by atoms with van der Waals surface area (Å²) in [7, 11) is 0. The van der Waals surface area contributed by atoms with Gasteiger partial charge < -0.3 is 10.6 Å². The average Bonchev–Trinajstić information content (AvgIpc) is 2.47. The molecule has 0 spiro atoms. The molecule has 0 saturated heterocycles. The lowest BCUT2D eigenvalue weighted by Crippen LogP contribution is -2.26. The molecule has 0 unspecified atom stereocenters. The summed E-state index contributed by atoms with van der Waals surface area (Å²) < 4.78 is 0.998. The first kappa shape index (κ1) is 16.2. The second kappa shape index (κ2) is 7.22. The van der Waals surface area contributed by atoms with Crippen LogP contribution in [0.1, 0.15) is 35.8 Å². The highest BCUT2D eigenvalue weighted by atomic mass is 79.9. The van der Waals surface area contributed by atoms with Gasteiger partial charge in [0.2, 0.25) is 5.91 Å². The van der Waals surface area contributed by atoms with Crippen LogP contribution in [-0.2, 0) is 4.79 Å². The molecule has 0 radical (unpaired) electrons. The molecule has 0 aliphatic heterocycles. The zero-order valence-corrected chi connectivity index (χ0v) is 14.0. The summed E-state index contributed by atoms with van der Waals surface area (Å²) in [5.41, 5.74) is 2.14. The topological polar surface area (TPSA) is 58.2 Å². The fourth-order valence-corrected chi connectivity index (χ4v) is 2.32. The molecule has 114 valence electrons. The highest BCUT2D eigenvalue weighted by molar-refractivity contribution is 9.10. The van der Waals surface area contributed by atoms with E-state index in [2.05, 4.69) is 26.6 Å². The van der Waals surface area contributed by atoms with E-state index in [1.54, 1.807) is 24.3 Å². The minimum Gasteiger partial charge on any atom is -0.346 e. The van der Waals surface area contributed by atoms with Crippen molar-refractivity contribution in [3.63, 3.8) is 0 Å². The van der Waals surface area contributed by atoms with Gasteiger partial charge in [0, 0.05) is 22.6 Å². The van der Waals surface area contributed by atoms with Crippen molar-refractivity contribution in [3.8, 4) is 0 Å². The Hall–Kier alpha value is -2.14. The highest BCUT2D eigenvalue weighted by Gasteiger charge is 2.12.